The molecule has 1 N–H and O–H groups in total. The van der Waals surface area contributed by atoms with Crippen molar-refractivity contribution in [2.45, 2.75) is 44.6 Å². The van der Waals surface area contributed by atoms with Gasteiger partial charge < -0.3 is 5.11 Å². The number of fused-ring (bicyclic) bond motifs is 1. The Bertz CT molecular complexity index is 322. The zero-order valence-electron chi connectivity index (χ0n) is 8.96. The Morgan fingerprint density at radius 1 is 1.36 bits per heavy atom. The summed E-state index contributed by atoms with van der Waals surface area (Å²) in [7, 11) is 0. The molecule has 0 fully saturated rings. The van der Waals surface area contributed by atoms with Crippen molar-refractivity contribution < 1.29 is 5.11 Å². The van der Waals surface area contributed by atoms with Crippen LogP contribution in [0.15, 0.2) is 24.3 Å². The van der Waals surface area contributed by atoms with Crippen LogP contribution in [0.2, 0.25) is 0 Å². The maximum Gasteiger partial charge on any atom is 0.0597 e. The van der Waals surface area contributed by atoms with E-state index in [9.17, 15) is 5.11 Å². The van der Waals surface area contributed by atoms with E-state index < -0.39 is 5.60 Å². The van der Waals surface area contributed by atoms with Crippen LogP contribution in [0.4, 0.5) is 0 Å². The van der Waals surface area contributed by atoms with Gasteiger partial charge in [0.15, 0.2) is 0 Å². The lowest BCUT2D eigenvalue weighted by atomic mass is 9.89. The lowest BCUT2D eigenvalue weighted by molar-refractivity contribution is 0.0630. The third kappa shape index (κ3) is 1.98. The van der Waals surface area contributed by atoms with Crippen molar-refractivity contribution >= 4 is 0 Å². The molecule has 76 valence electrons. The van der Waals surface area contributed by atoms with Crippen LogP contribution in [0.3, 0.4) is 0 Å². The Morgan fingerprint density at radius 2 is 2.07 bits per heavy atom. The summed E-state index contributed by atoms with van der Waals surface area (Å²) in [4.78, 5) is 0. The van der Waals surface area contributed by atoms with Crippen LogP contribution >= 0.6 is 0 Å². The maximum absolute atomic E-state index is 9.80. The molecule has 0 spiro atoms. The summed E-state index contributed by atoms with van der Waals surface area (Å²) in [6.07, 6.45) is 3.25. The van der Waals surface area contributed by atoms with Gasteiger partial charge in [-0.3, -0.25) is 0 Å². The van der Waals surface area contributed by atoms with Gasteiger partial charge in [0.05, 0.1) is 5.60 Å². The lowest BCUT2D eigenvalue weighted by Gasteiger charge is -2.22. The number of hydrogen-bond donors (Lipinski definition) is 1. The van der Waals surface area contributed by atoms with E-state index in [1.807, 2.05) is 13.8 Å². The van der Waals surface area contributed by atoms with E-state index in [4.69, 9.17) is 0 Å². The summed E-state index contributed by atoms with van der Waals surface area (Å²) in [5, 5.41) is 9.80. The van der Waals surface area contributed by atoms with Crippen LogP contribution in [0.5, 0.6) is 0 Å². The van der Waals surface area contributed by atoms with Crippen molar-refractivity contribution in [2.24, 2.45) is 0 Å². The normalized spacial score (nSPS) is 20.9. The second kappa shape index (κ2) is 3.39. The highest BCUT2D eigenvalue weighted by Crippen LogP contribution is 2.37. The van der Waals surface area contributed by atoms with Gasteiger partial charge in [0.2, 0.25) is 0 Å². The second-order valence-electron chi connectivity index (χ2n) is 4.95. The Hall–Kier alpha value is -0.820. The predicted molar refractivity (Wildman–Crippen MR) is 58.4 cm³/mol. The highest BCUT2D eigenvalue weighted by atomic mass is 16.3. The molecule has 0 radical (unpaired) electrons. The van der Waals surface area contributed by atoms with Gasteiger partial charge >= 0.3 is 0 Å². The fourth-order valence-electron chi connectivity index (χ4n) is 2.46. The Kier molecular flexibility index (Phi) is 2.36. The van der Waals surface area contributed by atoms with Crippen LogP contribution in [-0.2, 0) is 6.42 Å². The number of aryl methyl sites for hydroxylation is 1. The lowest BCUT2D eigenvalue weighted by Crippen LogP contribution is -2.21. The molecule has 14 heavy (non-hydrogen) atoms. The molecule has 0 heterocycles. The first-order valence-corrected chi connectivity index (χ1v) is 5.36. The number of rotatable bonds is 2. The summed E-state index contributed by atoms with van der Waals surface area (Å²) >= 11 is 0. The Labute approximate surface area is 85.8 Å². The van der Waals surface area contributed by atoms with Crippen molar-refractivity contribution in [3.05, 3.63) is 35.4 Å². The molecule has 1 aliphatic rings. The van der Waals surface area contributed by atoms with Crippen molar-refractivity contribution in [3.63, 3.8) is 0 Å². The zero-order valence-corrected chi connectivity index (χ0v) is 8.96. The third-order valence-corrected chi connectivity index (χ3v) is 3.00. The minimum Gasteiger partial charge on any atom is -0.390 e. The van der Waals surface area contributed by atoms with Gasteiger partial charge in [-0.15, -0.1) is 0 Å². The minimum atomic E-state index is -0.540. The summed E-state index contributed by atoms with van der Waals surface area (Å²) in [5.41, 5.74) is 2.39. The fourth-order valence-corrected chi connectivity index (χ4v) is 2.46. The molecule has 1 nitrogen and oxygen atoms in total. The molecule has 0 aliphatic heterocycles. The molecule has 0 saturated carbocycles. The molecule has 1 aromatic rings. The summed E-state index contributed by atoms with van der Waals surface area (Å²) in [6.45, 7) is 3.79. The van der Waals surface area contributed by atoms with Crippen molar-refractivity contribution in [1.82, 2.24) is 0 Å². The molecule has 0 bridgehead atoms. The monoisotopic (exact) mass is 190 g/mol. The van der Waals surface area contributed by atoms with Gasteiger partial charge in [-0.2, -0.15) is 0 Å². The van der Waals surface area contributed by atoms with Crippen LogP contribution in [0, 0.1) is 0 Å². The Balaban J connectivity index is 2.18. The van der Waals surface area contributed by atoms with E-state index in [1.165, 1.54) is 24.0 Å². The molecule has 1 atom stereocenters. The van der Waals surface area contributed by atoms with Gasteiger partial charge in [-0.1, -0.05) is 24.3 Å². The second-order valence-corrected chi connectivity index (χ2v) is 4.95. The highest BCUT2D eigenvalue weighted by molar-refractivity contribution is 5.34. The van der Waals surface area contributed by atoms with Crippen LogP contribution in [0.1, 0.15) is 43.7 Å². The van der Waals surface area contributed by atoms with Crippen molar-refractivity contribution in [1.29, 1.82) is 0 Å². The number of benzene rings is 1. The SMILES string of the molecule is CC(C)(O)CC1CCc2ccccc21. The zero-order chi connectivity index (χ0) is 10.2. The average molecular weight is 190 g/mol. The molecule has 1 unspecified atom stereocenters. The maximum atomic E-state index is 9.80. The first-order valence-electron chi connectivity index (χ1n) is 5.36. The Morgan fingerprint density at radius 3 is 2.79 bits per heavy atom. The molecular formula is C13H18O. The van der Waals surface area contributed by atoms with E-state index in [1.54, 1.807) is 0 Å². The minimum absolute atomic E-state index is 0.540. The summed E-state index contributed by atoms with van der Waals surface area (Å²) in [6, 6.07) is 8.62. The summed E-state index contributed by atoms with van der Waals surface area (Å²) in [5.74, 6) is 0.561. The predicted octanol–water partition coefficient (Wildman–Crippen LogP) is 2.88. The van der Waals surface area contributed by atoms with Crippen LogP contribution in [-0.4, -0.2) is 10.7 Å². The first kappa shape index (κ1) is 9.72. The fraction of sp³-hybridized carbons (Fsp3) is 0.538. The number of aliphatic hydroxyl groups is 1. The van der Waals surface area contributed by atoms with E-state index >= 15 is 0 Å². The molecule has 1 heteroatoms. The van der Waals surface area contributed by atoms with E-state index in [2.05, 4.69) is 24.3 Å². The van der Waals surface area contributed by atoms with Gasteiger partial charge in [0.1, 0.15) is 0 Å². The third-order valence-electron chi connectivity index (χ3n) is 3.00. The molecule has 0 saturated heterocycles. The number of hydrogen-bond acceptors (Lipinski definition) is 1. The van der Waals surface area contributed by atoms with Crippen molar-refractivity contribution in [3.8, 4) is 0 Å². The molecule has 0 aromatic heterocycles. The van der Waals surface area contributed by atoms with E-state index in [0.29, 0.717) is 5.92 Å². The largest absolute Gasteiger partial charge is 0.390 e. The quantitative estimate of drug-likeness (QED) is 0.760. The average Bonchev–Trinajstić information content (AvgIpc) is 2.47. The molecule has 2 rings (SSSR count). The van der Waals surface area contributed by atoms with Gasteiger partial charge in [0, 0.05) is 0 Å². The van der Waals surface area contributed by atoms with Gasteiger partial charge in [-0.05, 0) is 50.2 Å². The highest BCUT2D eigenvalue weighted by Gasteiger charge is 2.27. The standard InChI is InChI=1S/C13H18O/c1-13(2,14)9-11-8-7-10-5-3-4-6-12(10)11/h3-6,11,14H,7-9H2,1-2H3. The van der Waals surface area contributed by atoms with Crippen LogP contribution < -0.4 is 0 Å². The molecule has 1 aliphatic carbocycles. The van der Waals surface area contributed by atoms with Crippen LogP contribution in [0.25, 0.3) is 0 Å². The topological polar surface area (TPSA) is 20.2 Å². The smallest absolute Gasteiger partial charge is 0.0597 e. The van der Waals surface area contributed by atoms with E-state index in [-0.39, 0.29) is 0 Å². The molecule has 1 aromatic carbocycles. The van der Waals surface area contributed by atoms with Crippen molar-refractivity contribution in [2.75, 3.05) is 0 Å². The summed E-state index contributed by atoms with van der Waals surface area (Å²) < 4.78 is 0. The van der Waals surface area contributed by atoms with Gasteiger partial charge in [-0.25, -0.2) is 0 Å². The van der Waals surface area contributed by atoms with Gasteiger partial charge in [0.25, 0.3) is 0 Å². The molecule has 0 amide bonds. The van der Waals surface area contributed by atoms with E-state index in [0.717, 1.165) is 6.42 Å². The molecular weight excluding hydrogens is 172 g/mol. The first-order chi connectivity index (χ1) is 6.56.